The van der Waals surface area contributed by atoms with E-state index < -0.39 is 12.1 Å². The molecule has 2 aliphatic heterocycles. The molecule has 3 fully saturated rings. The molecule has 2 atom stereocenters. The molecule has 2 N–H and O–H groups in total. The first-order chi connectivity index (χ1) is 19.8. The van der Waals surface area contributed by atoms with Crippen LogP contribution in [-0.4, -0.2) is 71.2 Å². The summed E-state index contributed by atoms with van der Waals surface area (Å²) in [5, 5.41) is 20.0. The number of carboxylic acid groups (broad SMARTS) is 1. The number of fused-ring (bicyclic) bond motifs is 1. The smallest absolute Gasteiger partial charge is 0.334 e. The number of aryl methyl sites for hydroxylation is 1. The van der Waals surface area contributed by atoms with E-state index in [9.17, 15) is 20.0 Å². The molecule has 9 heteroatoms. The number of piperidine rings is 1. The molecular formula is C32H36N4O5. The van der Waals surface area contributed by atoms with Gasteiger partial charge in [-0.1, -0.05) is 12.1 Å². The number of methoxy groups -OCH3 is 1. The van der Waals surface area contributed by atoms with Gasteiger partial charge in [-0.3, -0.25) is 9.69 Å². The number of nitriles is 1. The van der Waals surface area contributed by atoms with Gasteiger partial charge in [0.1, 0.15) is 5.75 Å². The maximum atomic E-state index is 13.2. The van der Waals surface area contributed by atoms with Gasteiger partial charge < -0.3 is 24.5 Å². The third-order valence-corrected chi connectivity index (χ3v) is 9.40. The summed E-state index contributed by atoms with van der Waals surface area (Å²) in [6.07, 6.45) is 4.90. The van der Waals surface area contributed by atoms with Crippen molar-refractivity contribution < 1.29 is 24.2 Å². The number of hydrogen-bond donors (Lipinski definition) is 2. The standard InChI is InChI=1S/C32H36N4O5/c1-20-13-27(40-2)25(24-7-9-34-29(20)24)18-35-10-8-32(14-21(15-32)17-33)16-26(35)22-3-5-23(6-4-22)30(37)36-11-12-41-28(19-36)31(38)39/h3-7,9,13,21,26,28,34H,8,10-12,14-16,18-19H2,1-2H3,(H,38,39)/t21?,26-,28+,32?/m0/s1. The minimum absolute atomic E-state index is 0.0426. The van der Waals surface area contributed by atoms with E-state index in [1.807, 2.05) is 30.5 Å². The Morgan fingerprint density at radius 3 is 2.68 bits per heavy atom. The molecular weight excluding hydrogens is 520 g/mol. The number of aliphatic carboxylic acids is 1. The second-order valence-electron chi connectivity index (χ2n) is 11.9. The van der Waals surface area contributed by atoms with Crippen LogP contribution in [0.5, 0.6) is 5.75 Å². The number of rotatable bonds is 6. The summed E-state index contributed by atoms with van der Waals surface area (Å²) >= 11 is 0. The number of ether oxygens (including phenoxy) is 2. The fourth-order valence-electron chi connectivity index (χ4n) is 7.14. The number of morpholine rings is 1. The largest absolute Gasteiger partial charge is 0.496 e. The number of nitrogens with one attached hydrogen (secondary N) is 1. The van der Waals surface area contributed by atoms with E-state index >= 15 is 0 Å². The topological polar surface area (TPSA) is 119 Å². The fraction of sp³-hybridized carbons (Fsp3) is 0.469. The lowest BCUT2D eigenvalue weighted by Crippen LogP contribution is -2.48. The lowest BCUT2D eigenvalue weighted by molar-refractivity contribution is -0.154. The molecule has 41 heavy (non-hydrogen) atoms. The SMILES string of the molecule is COc1cc(C)c2[nH]ccc2c1CN1CCC2(CC(C#N)C2)C[C@H]1c1ccc(C(=O)N2CCO[C@@H](C(=O)O)C2)cc1. The van der Waals surface area contributed by atoms with E-state index in [0.717, 1.165) is 66.7 Å². The van der Waals surface area contributed by atoms with E-state index in [1.165, 1.54) is 5.39 Å². The van der Waals surface area contributed by atoms with Gasteiger partial charge in [-0.15, -0.1) is 0 Å². The average molecular weight is 557 g/mol. The maximum Gasteiger partial charge on any atom is 0.334 e. The van der Waals surface area contributed by atoms with Crippen molar-refractivity contribution in [3.8, 4) is 11.8 Å². The highest BCUT2D eigenvalue weighted by Crippen LogP contribution is 2.56. The van der Waals surface area contributed by atoms with Crippen molar-refractivity contribution in [2.75, 3.05) is 33.4 Å². The molecule has 1 spiro atoms. The summed E-state index contributed by atoms with van der Waals surface area (Å²) in [5.74, 6) is -0.214. The van der Waals surface area contributed by atoms with Crippen LogP contribution in [0.15, 0.2) is 42.6 Å². The molecule has 0 unspecified atom stereocenters. The number of H-pyrrole nitrogens is 1. The van der Waals surface area contributed by atoms with Crippen molar-refractivity contribution in [2.24, 2.45) is 11.3 Å². The number of nitrogens with zero attached hydrogens (tertiary/aromatic N) is 3. The van der Waals surface area contributed by atoms with Crippen molar-refractivity contribution in [2.45, 2.75) is 51.3 Å². The van der Waals surface area contributed by atoms with Crippen molar-refractivity contribution in [3.63, 3.8) is 0 Å². The van der Waals surface area contributed by atoms with E-state index in [2.05, 4.69) is 35.0 Å². The first kappa shape index (κ1) is 27.3. The Bertz CT molecular complexity index is 1500. The molecule has 1 saturated carbocycles. The van der Waals surface area contributed by atoms with E-state index in [0.29, 0.717) is 12.1 Å². The van der Waals surface area contributed by atoms with Crippen LogP contribution in [0.4, 0.5) is 0 Å². The van der Waals surface area contributed by atoms with Gasteiger partial charge in [-0.05, 0) is 80.0 Å². The molecule has 214 valence electrons. The molecule has 3 aliphatic rings. The summed E-state index contributed by atoms with van der Waals surface area (Å²) in [6, 6.07) is 14.6. The van der Waals surface area contributed by atoms with Gasteiger partial charge in [0, 0.05) is 53.3 Å². The van der Waals surface area contributed by atoms with Crippen LogP contribution >= 0.6 is 0 Å². The summed E-state index contributed by atoms with van der Waals surface area (Å²) in [7, 11) is 1.72. The Hall–Kier alpha value is -3.87. The number of likely N-dealkylation sites (tertiary alicyclic amines) is 1. The maximum absolute atomic E-state index is 13.2. The summed E-state index contributed by atoms with van der Waals surface area (Å²) in [5.41, 5.74) is 5.29. The van der Waals surface area contributed by atoms with Crippen LogP contribution in [0, 0.1) is 29.6 Å². The highest BCUT2D eigenvalue weighted by Gasteiger charge is 2.49. The Kier molecular flexibility index (Phi) is 7.22. The second kappa shape index (κ2) is 10.8. The quantitative estimate of drug-likeness (QED) is 0.453. The lowest BCUT2D eigenvalue weighted by Gasteiger charge is -2.53. The Morgan fingerprint density at radius 1 is 1.20 bits per heavy atom. The average Bonchev–Trinajstić information content (AvgIpc) is 3.48. The molecule has 3 heterocycles. The number of amides is 1. The first-order valence-corrected chi connectivity index (χ1v) is 14.3. The fourth-order valence-corrected chi connectivity index (χ4v) is 7.14. The normalized spacial score (nSPS) is 26.5. The monoisotopic (exact) mass is 556 g/mol. The zero-order valence-electron chi connectivity index (χ0n) is 23.6. The van der Waals surface area contributed by atoms with Gasteiger partial charge in [0.25, 0.3) is 5.91 Å². The highest BCUT2D eigenvalue weighted by atomic mass is 16.5. The second-order valence-corrected chi connectivity index (χ2v) is 11.9. The van der Waals surface area contributed by atoms with E-state index in [1.54, 1.807) is 12.0 Å². The number of carbonyl (C=O) groups is 2. The van der Waals surface area contributed by atoms with Gasteiger partial charge in [-0.25, -0.2) is 4.79 Å². The molecule has 0 radical (unpaired) electrons. The van der Waals surface area contributed by atoms with Gasteiger partial charge in [-0.2, -0.15) is 5.26 Å². The molecule has 0 bridgehead atoms. The van der Waals surface area contributed by atoms with Gasteiger partial charge >= 0.3 is 5.97 Å². The minimum atomic E-state index is -1.05. The number of aromatic nitrogens is 1. The molecule has 2 saturated heterocycles. The van der Waals surface area contributed by atoms with Crippen molar-refractivity contribution in [1.82, 2.24) is 14.8 Å². The van der Waals surface area contributed by atoms with Gasteiger partial charge in [0.15, 0.2) is 6.10 Å². The van der Waals surface area contributed by atoms with Crippen molar-refractivity contribution in [1.29, 1.82) is 5.26 Å². The number of benzene rings is 2. The third-order valence-electron chi connectivity index (χ3n) is 9.40. The Morgan fingerprint density at radius 2 is 1.98 bits per heavy atom. The Balaban J connectivity index is 1.27. The van der Waals surface area contributed by atoms with E-state index in [4.69, 9.17) is 9.47 Å². The zero-order valence-corrected chi connectivity index (χ0v) is 23.6. The lowest BCUT2D eigenvalue weighted by atomic mass is 9.56. The zero-order chi connectivity index (χ0) is 28.7. The van der Waals surface area contributed by atoms with Crippen LogP contribution in [0.2, 0.25) is 0 Å². The van der Waals surface area contributed by atoms with Gasteiger partial charge in [0.05, 0.1) is 26.3 Å². The Labute approximate surface area is 239 Å². The van der Waals surface area contributed by atoms with Gasteiger partial charge in [0.2, 0.25) is 0 Å². The van der Waals surface area contributed by atoms with Crippen LogP contribution in [0.1, 0.15) is 58.8 Å². The predicted octanol–water partition coefficient (Wildman–Crippen LogP) is 4.67. The van der Waals surface area contributed by atoms with E-state index in [-0.39, 0.29) is 36.4 Å². The highest BCUT2D eigenvalue weighted by molar-refractivity contribution is 5.94. The van der Waals surface area contributed by atoms with Crippen LogP contribution < -0.4 is 4.74 Å². The minimum Gasteiger partial charge on any atom is -0.496 e. The predicted molar refractivity (Wildman–Crippen MR) is 152 cm³/mol. The van der Waals surface area contributed by atoms with Crippen LogP contribution in [0.3, 0.4) is 0 Å². The molecule has 9 nitrogen and oxygen atoms in total. The number of carbonyl (C=O) groups excluding carboxylic acids is 1. The molecule has 6 rings (SSSR count). The number of hydrogen-bond acceptors (Lipinski definition) is 6. The first-order valence-electron chi connectivity index (χ1n) is 14.3. The number of carboxylic acids is 1. The molecule has 1 aromatic heterocycles. The van der Waals surface area contributed by atoms with Crippen molar-refractivity contribution in [3.05, 3.63) is 64.8 Å². The van der Waals surface area contributed by atoms with Crippen molar-refractivity contribution >= 4 is 22.8 Å². The molecule has 3 aromatic rings. The van der Waals surface area contributed by atoms with Crippen LogP contribution in [-0.2, 0) is 16.1 Å². The molecule has 1 amide bonds. The third kappa shape index (κ3) is 5.07. The molecule has 2 aromatic carbocycles. The van der Waals surface area contributed by atoms with Crippen LogP contribution in [0.25, 0.3) is 10.9 Å². The number of aromatic amines is 1. The molecule has 1 aliphatic carbocycles. The summed E-state index contributed by atoms with van der Waals surface area (Å²) in [6.45, 7) is 4.35. The summed E-state index contributed by atoms with van der Waals surface area (Å²) in [4.78, 5) is 32.0. The summed E-state index contributed by atoms with van der Waals surface area (Å²) < 4.78 is 11.1.